The number of para-hydroxylation sites is 1. The van der Waals surface area contributed by atoms with Crippen LogP contribution in [0.1, 0.15) is 30.1 Å². The monoisotopic (exact) mass is 341 g/mol. The van der Waals surface area contributed by atoms with Crippen molar-refractivity contribution in [2.24, 2.45) is 4.99 Å². The van der Waals surface area contributed by atoms with Gasteiger partial charge in [-0.1, -0.05) is 18.2 Å². The molecular formula is C19H23N3O3. The lowest BCUT2D eigenvalue weighted by Gasteiger charge is -2.13. The van der Waals surface area contributed by atoms with Gasteiger partial charge in [0.15, 0.2) is 5.96 Å². The lowest BCUT2D eigenvalue weighted by atomic mass is 10.1. The summed E-state index contributed by atoms with van der Waals surface area (Å²) < 4.78 is 11.1. The number of nitrogens with zero attached hydrogens (tertiary/aromatic N) is 1. The molecule has 25 heavy (non-hydrogen) atoms. The highest BCUT2D eigenvalue weighted by molar-refractivity contribution is 5.82. The summed E-state index contributed by atoms with van der Waals surface area (Å²) in [5, 5.41) is 17.5. The molecule has 0 radical (unpaired) electrons. The Balaban J connectivity index is 1.67. The zero-order chi connectivity index (χ0) is 17.6. The molecule has 1 atom stereocenters. The topological polar surface area (TPSA) is 82.9 Å². The molecule has 0 saturated heterocycles. The van der Waals surface area contributed by atoms with Crippen LogP contribution >= 0.6 is 0 Å². The number of furan rings is 2. The largest absolute Gasteiger partial charge is 0.467 e. The van der Waals surface area contributed by atoms with E-state index in [-0.39, 0.29) is 0 Å². The predicted octanol–water partition coefficient (Wildman–Crippen LogP) is 3.12. The number of benzene rings is 1. The second-order valence-corrected chi connectivity index (χ2v) is 5.75. The molecule has 0 bridgehead atoms. The van der Waals surface area contributed by atoms with Crippen molar-refractivity contribution in [2.75, 3.05) is 13.1 Å². The summed E-state index contributed by atoms with van der Waals surface area (Å²) in [6.45, 7) is 5.48. The molecule has 3 N–H and O–H groups in total. The van der Waals surface area contributed by atoms with Crippen molar-refractivity contribution in [1.82, 2.24) is 10.6 Å². The molecular weight excluding hydrogens is 318 g/mol. The van der Waals surface area contributed by atoms with E-state index in [9.17, 15) is 5.11 Å². The molecule has 3 aromatic rings. The molecule has 2 aromatic heterocycles. The van der Waals surface area contributed by atoms with Gasteiger partial charge in [-0.05, 0) is 32.0 Å². The molecule has 0 aliphatic carbocycles. The molecule has 0 fully saturated rings. The number of guanidine groups is 1. The summed E-state index contributed by atoms with van der Waals surface area (Å²) >= 11 is 0. The van der Waals surface area contributed by atoms with Gasteiger partial charge in [0, 0.05) is 17.5 Å². The predicted molar refractivity (Wildman–Crippen MR) is 97.4 cm³/mol. The highest BCUT2D eigenvalue weighted by Gasteiger charge is 2.12. The highest BCUT2D eigenvalue weighted by Crippen LogP contribution is 2.25. The molecule has 0 aliphatic rings. The van der Waals surface area contributed by atoms with Crippen LogP contribution in [0.2, 0.25) is 0 Å². The first-order chi connectivity index (χ1) is 12.2. The van der Waals surface area contributed by atoms with Gasteiger partial charge < -0.3 is 24.6 Å². The van der Waals surface area contributed by atoms with Gasteiger partial charge in [-0.2, -0.15) is 0 Å². The smallest absolute Gasteiger partial charge is 0.191 e. The van der Waals surface area contributed by atoms with E-state index in [1.165, 1.54) is 0 Å². The Morgan fingerprint density at radius 2 is 2.04 bits per heavy atom. The Hall–Kier alpha value is -2.73. The zero-order valence-electron chi connectivity index (χ0n) is 14.5. The summed E-state index contributed by atoms with van der Waals surface area (Å²) in [4.78, 5) is 4.55. The van der Waals surface area contributed by atoms with E-state index in [1.807, 2.05) is 38.1 Å². The van der Waals surface area contributed by atoms with E-state index in [1.54, 1.807) is 18.4 Å². The van der Waals surface area contributed by atoms with Crippen molar-refractivity contribution in [2.45, 2.75) is 26.5 Å². The van der Waals surface area contributed by atoms with Crippen LogP contribution in [0.15, 0.2) is 56.5 Å². The first-order valence-corrected chi connectivity index (χ1v) is 8.39. The number of hydrogen-bond acceptors (Lipinski definition) is 4. The Bertz CT molecular complexity index is 837. The van der Waals surface area contributed by atoms with Gasteiger partial charge in [-0.3, -0.25) is 0 Å². The van der Waals surface area contributed by atoms with Gasteiger partial charge >= 0.3 is 0 Å². The number of nitrogens with one attached hydrogen (secondary N) is 2. The molecule has 0 amide bonds. The first-order valence-electron chi connectivity index (χ1n) is 8.39. The number of fused-ring (bicyclic) bond motifs is 1. The minimum atomic E-state index is -0.730. The van der Waals surface area contributed by atoms with E-state index >= 15 is 0 Å². The van der Waals surface area contributed by atoms with E-state index < -0.39 is 6.10 Å². The number of aliphatic imine (C=N–C) groups is 1. The van der Waals surface area contributed by atoms with Crippen molar-refractivity contribution in [1.29, 1.82) is 0 Å². The van der Waals surface area contributed by atoms with Gasteiger partial charge in [-0.15, -0.1) is 0 Å². The van der Waals surface area contributed by atoms with Crippen LogP contribution in [0.5, 0.6) is 0 Å². The lowest BCUT2D eigenvalue weighted by Crippen LogP contribution is -2.39. The van der Waals surface area contributed by atoms with Crippen molar-refractivity contribution in [3.8, 4) is 0 Å². The Morgan fingerprint density at radius 3 is 2.76 bits per heavy atom. The molecule has 2 heterocycles. The summed E-state index contributed by atoms with van der Waals surface area (Å²) in [5.74, 6) is 1.98. The number of aliphatic hydroxyl groups excluding tert-OH is 1. The van der Waals surface area contributed by atoms with Crippen LogP contribution < -0.4 is 10.6 Å². The molecule has 0 spiro atoms. The van der Waals surface area contributed by atoms with Crippen molar-refractivity contribution >= 4 is 16.9 Å². The number of hydrogen-bond donors (Lipinski definition) is 3. The van der Waals surface area contributed by atoms with Crippen LogP contribution in [0.4, 0.5) is 0 Å². The molecule has 1 aromatic carbocycles. The van der Waals surface area contributed by atoms with Crippen molar-refractivity contribution < 1.29 is 13.9 Å². The van der Waals surface area contributed by atoms with E-state index in [2.05, 4.69) is 15.6 Å². The SMILES string of the molecule is CCNC(=NCc1oc2ccccc2c1C)NCC(O)c1ccco1. The molecule has 6 nitrogen and oxygen atoms in total. The average molecular weight is 341 g/mol. The number of rotatable bonds is 6. The summed E-state index contributed by atoms with van der Waals surface area (Å²) in [5.41, 5.74) is 1.97. The third kappa shape index (κ3) is 4.03. The van der Waals surface area contributed by atoms with E-state index in [0.717, 1.165) is 28.8 Å². The van der Waals surface area contributed by atoms with Crippen LogP contribution in [0.3, 0.4) is 0 Å². The Labute approximate surface area is 146 Å². The molecule has 0 saturated carbocycles. The quantitative estimate of drug-likeness (QED) is 0.474. The van der Waals surface area contributed by atoms with Crippen LogP contribution in [0.25, 0.3) is 11.0 Å². The Morgan fingerprint density at radius 1 is 1.20 bits per heavy atom. The lowest BCUT2D eigenvalue weighted by molar-refractivity contribution is 0.153. The second-order valence-electron chi connectivity index (χ2n) is 5.75. The Kier molecular flexibility index (Phi) is 5.40. The van der Waals surface area contributed by atoms with Crippen LogP contribution in [-0.4, -0.2) is 24.2 Å². The van der Waals surface area contributed by atoms with Crippen LogP contribution in [-0.2, 0) is 6.54 Å². The minimum Gasteiger partial charge on any atom is -0.467 e. The fourth-order valence-electron chi connectivity index (χ4n) is 2.64. The summed E-state index contributed by atoms with van der Waals surface area (Å²) in [6, 6.07) is 11.5. The summed E-state index contributed by atoms with van der Waals surface area (Å²) in [7, 11) is 0. The molecule has 6 heteroatoms. The highest BCUT2D eigenvalue weighted by atomic mass is 16.4. The maximum absolute atomic E-state index is 10.1. The maximum atomic E-state index is 10.1. The van der Waals surface area contributed by atoms with Crippen molar-refractivity contribution in [3.63, 3.8) is 0 Å². The molecule has 3 rings (SSSR count). The van der Waals surface area contributed by atoms with Gasteiger partial charge in [-0.25, -0.2) is 4.99 Å². The molecule has 132 valence electrons. The third-order valence-electron chi connectivity index (χ3n) is 4.00. The molecule has 1 unspecified atom stereocenters. The van der Waals surface area contributed by atoms with Gasteiger partial charge in [0.1, 0.15) is 29.8 Å². The first kappa shape index (κ1) is 17.1. The number of aryl methyl sites for hydroxylation is 1. The number of aliphatic hydroxyl groups is 1. The van der Waals surface area contributed by atoms with E-state index in [0.29, 0.717) is 24.8 Å². The average Bonchev–Trinajstić information content (AvgIpc) is 3.26. The van der Waals surface area contributed by atoms with Gasteiger partial charge in [0.05, 0.1) is 12.8 Å². The standard InChI is InChI=1S/C19H23N3O3/c1-3-20-19(21-11-15(23)17-9-6-10-24-17)22-12-18-13(2)14-7-4-5-8-16(14)25-18/h4-10,15,23H,3,11-12H2,1-2H3,(H2,20,21,22). The second kappa shape index (κ2) is 7.90. The van der Waals surface area contributed by atoms with Gasteiger partial charge in [0.25, 0.3) is 0 Å². The fraction of sp³-hybridized carbons (Fsp3) is 0.316. The van der Waals surface area contributed by atoms with Gasteiger partial charge in [0.2, 0.25) is 0 Å². The minimum absolute atomic E-state index is 0.304. The molecule has 0 aliphatic heterocycles. The maximum Gasteiger partial charge on any atom is 0.191 e. The van der Waals surface area contributed by atoms with E-state index in [4.69, 9.17) is 8.83 Å². The zero-order valence-corrected chi connectivity index (χ0v) is 14.5. The van der Waals surface area contributed by atoms with Crippen LogP contribution in [0, 0.1) is 6.92 Å². The summed E-state index contributed by atoms with van der Waals surface area (Å²) in [6.07, 6.45) is 0.814. The van der Waals surface area contributed by atoms with Crippen molar-refractivity contribution in [3.05, 3.63) is 59.7 Å². The third-order valence-corrected chi connectivity index (χ3v) is 4.00. The normalized spacial score (nSPS) is 13.2. The fourth-order valence-corrected chi connectivity index (χ4v) is 2.64.